The molecule has 1 N–H and O–H groups in total. The molecule has 1 aromatic carbocycles. The third-order valence-corrected chi connectivity index (χ3v) is 4.23. The van der Waals surface area contributed by atoms with Crippen LogP contribution in [0.5, 0.6) is 0 Å². The molecule has 4 heteroatoms. The van der Waals surface area contributed by atoms with Gasteiger partial charge in [-0.3, -0.25) is 0 Å². The summed E-state index contributed by atoms with van der Waals surface area (Å²) in [7, 11) is 4.05. The highest BCUT2D eigenvalue weighted by atomic mass is 79.9. The summed E-state index contributed by atoms with van der Waals surface area (Å²) in [6.45, 7) is 0.940. The monoisotopic (exact) mass is 310 g/mol. The van der Waals surface area contributed by atoms with E-state index < -0.39 is 0 Å². The molecule has 0 aliphatic carbocycles. The number of nitrogens with zero attached hydrogens (tertiary/aromatic N) is 1. The van der Waals surface area contributed by atoms with Crippen LogP contribution in [0.25, 0.3) is 0 Å². The lowest BCUT2D eigenvalue weighted by atomic mass is 10.2. The number of benzene rings is 1. The molecular weight excluding hydrogens is 296 g/mol. The Balaban J connectivity index is 2.06. The zero-order valence-corrected chi connectivity index (χ0v) is 12.3. The van der Waals surface area contributed by atoms with Crippen LogP contribution in [0.4, 0.5) is 11.4 Å². The minimum Gasteiger partial charge on any atom is -0.388 e. The van der Waals surface area contributed by atoms with Gasteiger partial charge in [-0.15, -0.1) is 11.3 Å². The molecule has 0 unspecified atom stereocenters. The van der Waals surface area contributed by atoms with Crippen molar-refractivity contribution in [1.29, 1.82) is 0 Å². The summed E-state index contributed by atoms with van der Waals surface area (Å²) in [6, 6.07) is 12.7. The summed E-state index contributed by atoms with van der Waals surface area (Å²) < 4.78 is 1.19. The lowest BCUT2D eigenvalue weighted by molar-refractivity contribution is 0.940. The number of rotatable bonds is 4. The van der Waals surface area contributed by atoms with Gasteiger partial charge in [0, 0.05) is 30.3 Å². The molecule has 2 rings (SSSR count). The minimum atomic E-state index is 0.940. The number of hydrogen-bond acceptors (Lipinski definition) is 3. The standard InChI is InChI=1S/C13H15BrN2S/c1-15-10-3-5-11(6-4-10)16(2)9-12-7-8-13(14)17-12/h3-8,15H,9H2,1-2H3. The van der Waals surface area contributed by atoms with Gasteiger partial charge in [0.2, 0.25) is 0 Å². The third kappa shape index (κ3) is 3.23. The van der Waals surface area contributed by atoms with Crippen molar-refractivity contribution in [2.75, 3.05) is 24.3 Å². The van der Waals surface area contributed by atoms with E-state index in [1.54, 1.807) is 11.3 Å². The molecule has 0 fully saturated rings. The quantitative estimate of drug-likeness (QED) is 0.911. The van der Waals surface area contributed by atoms with Gasteiger partial charge in [0.15, 0.2) is 0 Å². The van der Waals surface area contributed by atoms with Crippen LogP contribution in [-0.4, -0.2) is 14.1 Å². The predicted molar refractivity (Wildman–Crippen MR) is 80.1 cm³/mol. The Morgan fingerprint density at radius 1 is 1.18 bits per heavy atom. The van der Waals surface area contributed by atoms with Crippen molar-refractivity contribution < 1.29 is 0 Å². The van der Waals surface area contributed by atoms with Crippen LogP contribution >= 0.6 is 27.3 Å². The van der Waals surface area contributed by atoms with Crippen molar-refractivity contribution in [3.05, 3.63) is 45.1 Å². The minimum absolute atomic E-state index is 0.940. The van der Waals surface area contributed by atoms with Gasteiger partial charge in [-0.25, -0.2) is 0 Å². The molecule has 0 aliphatic rings. The fourth-order valence-electron chi connectivity index (χ4n) is 1.64. The molecule has 0 atom stereocenters. The first kappa shape index (κ1) is 12.5. The van der Waals surface area contributed by atoms with Gasteiger partial charge < -0.3 is 10.2 Å². The van der Waals surface area contributed by atoms with E-state index >= 15 is 0 Å². The number of hydrogen-bond donors (Lipinski definition) is 1. The summed E-state index contributed by atoms with van der Waals surface area (Å²) in [5, 5.41) is 3.12. The van der Waals surface area contributed by atoms with Gasteiger partial charge in [-0.1, -0.05) is 0 Å². The van der Waals surface area contributed by atoms with Crippen molar-refractivity contribution in [3.8, 4) is 0 Å². The van der Waals surface area contributed by atoms with Gasteiger partial charge in [0.25, 0.3) is 0 Å². The highest BCUT2D eigenvalue weighted by molar-refractivity contribution is 9.11. The van der Waals surface area contributed by atoms with Crippen molar-refractivity contribution in [2.24, 2.45) is 0 Å². The Kier molecular flexibility index (Phi) is 4.07. The largest absolute Gasteiger partial charge is 0.388 e. The molecule has 2 nitrogen and oxygen atoms in total. The van der Waals surface area contributed by atoms with E-state index in [2.05, 4.69) is 69.6 Å². The molecular formula is C13H15BrN2S. The number of halogens is 1. The van der Waals surface area contributed by atoms with E-state index in [0.29, 0.717) is 0 Å². The molecule has 0 saturated carbocycles. The van der Waals surface area contributed by atoms with Gasteiger partial charge in [0.1, 0.15) is 0 Å². The van der Waals surface area contributed by atoms with Crippen molar-refractivity contribution in [2.45, 2.75) is 6.54 Å². The summed E-state index contributed by atoms with van der Waals surface area (Å²) in [5.74, 6) is 0. The van der Waals surface area contributed by atoms with E-state index in [1.165, 1.54) is 14.4 Å². The average Bonchev–Trinajstić information content (AvgIpc) is 2.75. The molecule has 0 spiro atoms. The summed E-state index contributed by atoms with van der Waals surface area (Å²) >= 11 is 5.27. The second kappa shape index (κ2) is 5.56. The maximum atomic E-state index is 3.49. The smallest absolute Gasteiger partial charge is 0.0702 e. The topological polar surface area (TPSA) is 15.3 Å². The van der Waals surface area contributed by atoms with E-state index in [1.807, 2.05) is 7.05 Å². The summed E-state index contributed by atoms with van der Waals surface area (Å²) in [4.78, 5) is 3.61. The van der Waals surface area contributed by atoms with Crippen LogP contribution in [0.1, 0.15) is 4.88 Å². The van der Waals surface area contributed by atoms with Gasteiger partial charge in [0.05, 0.1) is 10.3 Å². The zero-order chi connectivity index (χ0) is 12.3. The van der Waals surface area contributed by atoms with Crippen LogP contribution in [0.15, 0.2) is 40.2 Å². The number of anilines is 2. The molecule has 0 bridgehead atoms. The lowest BCUT2D eigenvalue weighted by Gasteiger charge is -2.18. The molecule has 0 amide bonds. The van der Waals surface area contributed by atoms with Crippen LogP contribution in [0.2, 0.25) is 0 Å². The highest BCUT2D eigenvalue weighted by Gasteiger charge is 2.04. The molecule has 2 aromatic rings. The number of thiophene rings is 1. The third-order valence-electron chi connectivity index (χ3n) is 2.62. The van der Waals surface area contributed by atoms with Crippen LogP contribution in [0, 0.1) is 0 Å². The van der Waals surface area contributed by atoms with Crippen molar-refractivity contribution in [3.63, 3.8) is 0 Å². The van der Waals surface area contributed by atoms with E-state index in [-0.39, 0.29) is 0 Å². The van der Waals surface area contributed by atoms with Gasteiger partial charge >= 0.3 is 0 Å². The Hall–Kier alpha value is -1.00. The molecule has 0 radical (unpaired) electrons. The normalized spacial score (nSPS) is 10.3. The maximum absolute atomic E-state index is 3.49. The van der Waals surface area contributed by atoms with Gasteiger partial charge in [-0.05, 0) is 52.3 Å². The van der Waals surface area contributed by atoms with Gasteiger partial charge in [-0.2, -0.15) is 0 Å². The Morgan fingerprint density at radius 2 is 1.88 bits per heavy atom. The van der Waals surface area contributed by atoms with E-state index in [9.17, 15) is 0 Å². The Labute approximate surface area is 114 Å². The van der Waals surface area contributed by atoms with Crippen molar-refractivity contribution >= 4 is 38.6 Å². The Bertz CT molecular complexity index is 478. The molecule has 1 aromatic heterocycles. The van der Waals surface area contributed by atoms with Crippen molar-refractivity contribution in [1.82, 2.24) is 0 Å². The molecule has 17 heavy (non-hydrogen) atoms. The Morgan fingerprint density at radius 3 is 2.41 bits per heavy atom. The highest BCUT2D eigenvalue weighted by Crippen LogP contribution is 2.25. The fraction of sp³-hybridized carbons (Fsp3) is 0.231. The molecule has 0 aliphatic heterocycles. The number of nitrogens with one attached hydrogen (secondary N) is 1. The molecule has 1 heterocycles. The molecule has 0 saturated heterocycles. The van der Waals surface area contributed by atoms with Crippen LogP contribution in [0.3, 0.4) is 0 Å². The first-order valence-electron chi connectivity index (χ1n) is 5.42. The maximum Gasteiger partial charge on any atom is 0.0702 e. The lowest BCUT2D eigenvalue weighted by Crippen LogP contribution is -2.15. The second-order valence-corrected chi connectivity index (χ2v) is 6.41. The zero-order valence-electron chi connectivity index (χ0n) is 9.90. The average molecular weight is 311 g/mol. The molecule has 90 valence electrons. The SMILES string of the molecule is CNc1ccc(N(C)Cc2ccc(Br)s2)cc1. The fourth-order valence-corrected chi connectivity index (χ4v) is 3.18. The van der Waals surface area contributed by atoms with E-state index in [0.717, 1.165) is 12.2 Å². The first-order valence-corrected chi connectivity index (χ1v) is 7.03. The predicted octanol–water partition coefficient (Wildman–Crippen LogP) is 4.19. The van der Waals surface area contributed by atoms with E-state index in [4.69, 9.17) is 0 Å². The second-order valence-electron chi connectivity index (χ2n) is 3.86. The van der Waals surface area contributed by atoms with Crippen LogP contribution in [-0.2, 0) is 6.54 Å². The van der Waals surface area contributed by atoms with Crippen LogP contribution < -0.4 is 10.2 Å². The first-order chi connectivity index (χ1) is 8.19. The summed E-state index contributed by atoms with van der Waals surface area (Å²) in [5.41, 5.74) is 2.37. The summed E-state index contributed by atoms with van der Waals surface area (Å²) in [6.07, 6.45) is 0.